The molecule has 0 amide bonds. The molecule has 7 heavy (non-hydrogen) atoms. The van der Waals surface area contributed by atoms with Gasteiger partial charge < -0.3 is 4.52 Å². The first-order valence-electron chi connectivity index (χ1n) is 1.76. The zero-order valence-electron chi connectivity index (χ0n) is 3.92. The van der Waals surface area contributed by atoms with Crippen LogP contribution in [-0.4, -0.2) is 5.16 Å². The standard InChI is InChI=1S/C4H5NO.ClH/c1-4-2-3-6-5-4;/h2-3H,1H3;1H. The summed E-state index contributed by atoms with van der Waals surface area (Å²) in [6.07, 6.45) is 1.55. The first kappa shape index (κ1) is 6.50. The van der Waals surface area contributed by atoms with E-state index in [0.29, 0.717) is 0 Å². The highest BCUT2D eigenvalue weighted by molar-refractivity contribution is 5.85. The van der Waals surface area contributed by atoms with Crippen LogP contribution in [-0.2, 0) is 0 Å². The number of hydrogen-bond acceptors (Lipinski definition) is 2. The molecule has 0 N–H and O–H groups in total. The van der Waals surface area contributed by atoms with Gasteiger partial charge in [0.2, 0.25) is 0 Å². The molecular formula is C4H6ClNO. The SMILES string of the molecule is Cc1ccon1.Cl. The van der Waals surface area contributed by atoms with Crippen molar-refractivity contribution in [3.05, 3.63) is 18.0 Å². The van der Waals surface area contributed by atoms with Crippen LogP contribution in [0, 0.1) is 6.92 Å². The van der Waals surface area contributed by atoms with E-state index in [4.69, 9.17) is 0 Å². The van der Waals surface area contributed by atoms with Gasteiger partial charge in [-0.2, -0.15) is 0 Å². The third kappa shape index (κ3) is 1.59. The molecule has 1 aromatic heterocycles. The Hall–Kier alpha value is -0.500. The number of rotatable bonds is 0. The van der Waals surface area contributed by atoms with Crippen LogP contribution < -0.4 is 0 Å². The summed E-state index contributed by atoms with van der Waals surface area (Å²) in [5.41, 5.74) is 0.926. The summed E-state index contributed by atoms with van der Waals surface area (Å²) >= 11 is 0. The lowest BCUT2D eigenvalue weighted by Crippen LogP contribution is -1.59. The van der Waals surface area contributed by atoms with Crippen molar-refractivity contribution in [2.45, 2.75) is 6.92 Å². The average molecular weight is 120 g/mol. The molecule has 0 saturated carbocycles. The number of halogens is 1. The highest BCUT2D eigenvalue weighted by atomic mass is 35.5. The summed E-state index contributed by atoms with van der Waals surface area (Å²) < 4.78 is 4.46. The van der Waals surface area contributed by atoms with E-state index in [1.165, 1.54) is 0 Å². The molecule has 0 aliphatic rings. The second kappa shape index (κ2) is 2.64. The average Bonchev–Trinajstić information content (AvgIpc) is 1.86. The van der Waals surface area contributed by atoms with E-state index in [1.807, 2.05) is 6.92 Å². The van der Waals surface area contributed by atoms with Gasteiger partial charge in [0.05, 0.1) is 5.69 Å². The van der Waals surface area contributed by atoms with Crippen LogP contribution in [0.4, 0.5) is 0 Å². The van der Waals surface area contributed by atoms with Crippen LogP contribution in [0.3, 0.4) is 0 Å². The van der Waals surface area contributed by atoms with E-state index in [2.05, 4.69) is 9.68 Å². The summed E-state index contributed by atoms with van der Waals surface area (Å²) in [5.74, 6) is 0. The fraction of sp³-hybridized carbons (Fsp3) is 0.250. The van der Waals surface area contributed by atoms with Gasteiger partial charge in [-0.3, -0.25) is 0 Å². The molecule has 0 aromatic carbocycles. The summed E-state index contributed by atoms with van der Waals surface area (Å²) in [7, 11) is 0. The molecule has 0 unspecified atom stereocenters. The molecule has 2 nitrogen and oxygen atoms in total. The van der Waals surface area contributed by atoms with Crippen molar-refractivity contribution in [3.63, 3.8) is 0 Å². The minimum Gasteiger partial charge on any atom is -0.365 e. The van der Waals surface area contributed by atoms with Gasteiger partial charge in [-0.15, -0.1) is 12.4 Å². The highest BCUT2D eigenvalue weighted by Gasteiger charge is 1.77. The Morgan fingerprint density at radius 1 is 1.71 bits per heavy atom. The van der Waals surface area contributed by atoms with Crippen LogP contribution in [0.1, 0.15) is 5.69 Å². The maximum Gasteiger partial charge on any atom is 0.124 e. The van der Waals surface area contributed by atoms with Crippen molar-refractivity contribution < 1.29 is 4.52 Å². The minimum atomic E-state index is 0. The van der Waals surface area contributed by atoms with E-state index in [0.717, 1.165) is 5.69 Å². The molecular weight excluding hydrogens is 114 g/mol. The van der Waals surface area contributed by atoms with Crippen molar-refractivity contribution >= 4 is 12.4 Å². The summed E-state index contributed by atoms with van der Waals surface area (Å²) in [6, 6.07) is 1.81. The van der Waals surface area contributed by atoms with Crippen LogP contribution in [0.5, 0.6) is 0 Å². The van der Waals surface area contributed by atoms with E-state index >= 15 is 0 Å². The normalized spacial score (nSPS) is 7.57. The molecule has 0 fully saturated rings. The van der Waals surface area contributed by atoms with E-state index in [9.17, 15) is 0 Å². The monoisotopic (exact) mass is 119 g/mol. The first-order chi connectivity index (χ1) is 2.89. The van der Waals surface area contributed by atoms with Gasteiger partial charge in [-0.1, -0.05) is 5.16 Å². The lowest BCUT2D eigenvalue weighted by atomic mass is 10.5. The molecule has 1 aromatic rings. The zero-order chi connectivity index (χ0) is 4.41. The van der Waals surface area contributed by atoms with Gasteiger partial charge in [0.25, 0.3) is 0 Å². The smallest absolute Gasteiger partial charge is 0.124 e. The van der Waals surface area contributed by atoms with E-state index in [1.54, 1.807) is 12.3 Å². The Kier molecular flexibility index (Phi) is 2.45. The van der Waals surface area contributed by atoms with Gasteiger partial charge in [-0.05, 0) is 6.92 Å². The molecule has 0 aliphatic carbocycles. The molecule has 0 radical (unpaired) electrons. The molecule has 1 heterocycles. The third-order valence-electron chi connectivity index (χ3n) is 0.567. The van der Waals surface area contributed by atoms with Crippen LogP contribution >= 0.6 is 12.4 Å². The quantitative estimate of drug-likeness (QED) is 0.516. The Labute approximate surface area is 47.9 Å². The lowest BCUT2D eigenvalue weighted by Gasteiger charge is -1.62. The lowest BCUT2D eigenvalue weighted by molar-refractivity contribution is 0.415. The Morgan fingerprint density at radius 3 is 2.57 bits per heavy atom. The molecule has 0 atom stereocenters. The number of aromatic nitrogens is 1. The van der Waals surface area contributed by atoms with Gasteiger partial charge in [0.1, 0.15) is 6.26 Å². The van der Waals surface area contributed by atoms with Crippen LogP contribution in [0.25, 0.3) is 0 Å². The topological polar surface area (TPSA) is 26.0 Å². The predicted octanol–water partition coefficient (Wildman–Crippen LogP) is 1.40. The molecule has 1 rings (SSSR count). The molecule has 3 heteroatoms. The van der Waals surface area contributed by atoms with E-state index in [-0.39, 0.29) is 12.4 Å². The Balaban J connectivity index is 0.000000360. The van der Waals surface area contributed by atoms with Crippen molar-refractivity contribution in [2.75, 3.05) is 0 Å². The number of aryl methyl sites for hydroxylation is 1. The molecule has 0 saturated heterocycles. The van der Waals surface area contributed by atoms with Gasteiger partial charge in [0.15, 0.2) is 0 Å². The zero-order valence-corrected chi connectivity index (χ0v) is 4.73. The Bertz CT molecular complexity index is 115. The largest absolute Gasteiger partial charge is 0.365 e. The summed E-state index contributed by atoms with van der Waals surface area (Å²) in [5, 5.41) is 3.54. The second-order valence-electron chi connectivity index (χ2n) is 1.14. The van der Waals surface area contributed by atoms with Gasteiger partial charge >= 0.3 is 0 Å². The summed E-state index contributed by atoms with van der Waals surface area (Å²) in [6.45, 7) is 1.88. The van der Waals surface area contributed by atoms with Crippen molar-refractivity contribution in [1.29, 1.82) is 0 Å². The molecule has 40 valence electrons. The van der Waals surface area contributed by atoms with Crippen molar-refractivity contribution in [3.8, 4) is 0 Å². The third-order valence-corrected chi connectivity index (χ3v) is 0.567. The van der Waals surface area contributed by atoms with Crippen molar-refractivity contribution in [1.82, 2.24) is 5.16 Å². The summed E-state index contributed by atoms with van der Waals surface area (Å²) in [4.78, 5) is 0. The fourth-order valence-electron chi connectivity index (χ4n) is 0.273. The fourth-order valence-corrected chi connectivity index (χ4v) is 0.273. The highest BCUT2D eigenvalue weighted by Crippen LogP contribution is 1.86. The molecule has 0 aliphatic heterocycles. The second-order valence-corrected chi connectivity index (χ2v) is 1.14. The maximum absolute atomic E-state index is 4.46. The minimum absolute atomic E-state index is 0. The Morgan fingerprint density at radius 2 is 2.43 bits per heavy atom. The maximum atomic E-state index is 4.46. The van der Waals surface area contributed by atoms with Gasteiger partial charge in [-0.25, -0.2) is 0 Å². The van der Waals surface area contributed by atoms with Crippen LogP contribution in [0.2, 0.25) is 0 Å². The molecule has 0 spiro atoms. The van der Waals surface area contributed by atoms with Crippen molar-refractivity contribution in [2.24, 2.45) is 0 Å². The number of hydrogen-bond donors (Lipinski definition) is 0. The predicted molar refractivity (Wildman–Crippen MR) is 28.5 cm³/mol. The number of nitrogens with zero attached hydrogens (tertiary/aromatic N) is 1. The van der Waals surface area contributed by atoms with E-state index < -0.39 is 0 Å². The van der Waals surface area contributed by atoms with Crippen LogP contribution in [0.15, 0.2) is 16.9 Å². The van der Waals surface area contributed by atoms with Gasteiger partial charge in [0, 0.05) is 6.07 Å². The molecule has 0 bridgehead atoms. The first-order valence-corrected chi connectivity index (χ1v) is 1.76.